The zero-order valence-corrected chi connectivity index (χ0v) is 9.38. The zero-order valence-electron chi connectivity index (χ0n) is 8.63. The second-order valence-electron chi connectivity index (χ2n) is 3.36. The quantitative estimate of drug-likeness (QED) is 0.676. The van der Waals surface area contributed by atoms with Crippen LogP contribution in [0.1, 0.15) is 13.3 Å². The van der Waals surface area contributed by atoms with Gasteiger partial charge in [-0.15, -0.1) is 11.8 Å². The molecule has 1 nitrogen and oxygen atoms in total. The van der Waals surface area contributed by atoms with Crippen LogP contribution in [0.2, 0.25) is 5.02 Å². The predicted octanol–water partition coefficient (Wildman–Crippen LogP) is 3.71. The number of nitrogens with zero attached hydrogens (tertiary/aromatic N) is 1. The highest BCUT2D eigenvalue weighted by atomic mass is 35.5. The van der Waals surface area contributed by atoms with Gasteiger partial charge < -0.3 is 4.57 Å². The van der Waals surface area contributed by atoms with Crippen molar-refractivity contribution in [2.75, 3.05) is 0 Å². The number of rotatable bonds is 2. The Morgan fingerprint density at radius 2 is 2.20 bits per heavy atom. The van der Waals surface area contributed by atoms with E-state index in [0.717, 1.165) is 23.5 Å². The molecule has 0 spiro atoms. The van der Waals surface area contributed by atoms with Crippen molar-refractivity contribution in [3.05, 3.63) is 35.5 Å². The van der Waals surface area contributed by atoms with E-state index in [9.17, 15) is 0 Å². The van der Waals surface area contributed by atoms with Crippen LogP contribution in [0.15, 0.2) is 30.5 Å². The summed E-state index contributed by atoms with van der Waals surface area (Å²) in [6, 6.07) is 8.05. The topological polar surface area (TPSA) is 4.93 Å². The molecule has 0 saturated carbocycles. The first kappa shape index (κ1) is 10.1. The van der Waals surface area contributed by atoms with Crippen LogP contribution in [-0.2, 0) is 6.54 Å². The molecule has 2 heteroatoms. The molecule has 1 aromatic heterocycles. The van der Waals surface area contributed by atoms with Crippen molar-refractivity contribution in [1.29, 1.82) is 0 Å². The number of hydrogen-bond donors (Lipinski definition) is 0. The van der Waals surface area contributed by atoms with E-state index in [4.69, 9.17) is 11.6 Å². The number of halogens is 1. The monoisotopic (exact) mass is 217 g/mol. The fraction of sp³-hybridized carbons (Fsp3) is 0.231. The Kier molecular flexibility index (Phi) is 2.99. The maximum Gasteiger partial charge on any atom is 0.0669 e. The number of fused-ring (bicyclic) bond motifs is 1. The van der Waals surface area contributed by atoms with E-state index in [0.29, 0.717) is 0 Å². The molecule has 1 heterocycles. The molecule has 0 aliphatic heterocycles. The molecule has 0 atom stereocenters. The van der Waals surface area contributed by atoms with Gasteiger partial charge in [0.15, 0.2) is 0 Å². The summed E-state index contributed by atoms with van der Waals surface area (Å²) in [5, 5.41) is 1.99. The highest BCUT2D eigenvalue weighted by molar-refractivity contribution is 6.35. The summed E-state index contributed by atoms with van der Waals surface area (Å²) in [6.45, 7) is 2.76. The minimum absolute atomic E-state index is 0.807. The third kappa shape index (κ3) is 2.00. The van der Waals surface area contributed by atoms with Crippen LogP contribution in [0.3, 0.4) is 0 Å². The average molecular weight is 218 g/mol. The number of hydrogen-bond acceptors (Lipinski definition) is 0. The minimum atomic E-state index is 0.807. The Morgan fingerprint density at radius 3 is 3.00 bits per heavy atom. The molecule has 76 valence electrons. The summed E-state index contributed by atoms with van der Waals surface area (Å²) in [6.07, 6.45) is 2.93. The molecule has 15 heavy (non-hydrogen) atoms. The summed E-state index contributed by atoms with van der Waals surface area (Å²) in [5.41, 5.74) is 1.11. The molecule has 0 radical (unpaired) electrons. The van der Waals surface area contributed by atoms with E-state index in [-0.39, 0.29) is 0 Å². The first-order valence-electron chi connectivity index (χ1n) is 4.96. The standard InChI is InChI=1S/C13H12ClN/c1-2-3-4-9-15-10-8-11-6-5-7-12(14)13(11)15/h5-8,10H,4,9H2,1H3. The van der Waals surface area contributed by atoms with Crippen LogP contribution >= 0.6 is 11.6 Å². The Hall–Kier alpha value is -1.39. The SMILES string of the molecule is CC#CCCn1ccc2cccc(Cl)c21. The van der Waals surface area contributed by atoms with E-state index in [1.165, 1.54) is 5.39 Å². The fourth-order valence-corrected chi connectivity index (χ4v) is 1.99. The Balaban J connectivity index is 2.38. The molecular formula is C13H12ClN. The number of aryl methyl sites for hydroxylation is 1. The summed E-state index contributed by atoms with van der Waals surface area (Å²) >= 11 is 6.16. The van der Waals surface area contributed by atoms with Gasteiger partial charge in [0.1, 0.15) is 0 Å². The molecule has 2 aromatic rings. The smallest absolute Gasteiger partial charge is 0.0669 e. The van der Waals surface area contributed by atoms with Gasteiger partial charge in [0.25, 0.3) is 0 Å². The summed E-state index contributed by atoms with van der Waals surface area (Å²) < 4.78 is 2.15. The lowest BCUT2D eigenvalue weighted by Gasteiger charge is -2.03. The molecule has 0 amide bonds. The molecule has 0 N–H and O–H groups in total. The van der Waals surface area contributed by atoms with Gasteiger partial charge in [-0.1, -0.05) is 23.7 Å². The van der Waals surface area contributed by atoms with Crippen molar-refractivity contribution in [3.8, 4) is 11.8 Å². The average Bonchev–Trinajstić information content (AvgIpc) is 2.63. The van der Waals surface area contributed by atoms with Crippen molar-refractivity contribution in [1.82, 2.24) is 4.57 Å². The van der Waals surface area contributed by atoms with Gasteiger partial charge in [-0.3, -0.25) is 0 Å². The van der Waals surface area contributed by atoms with E-state index in [2.05, 4.69) is 34.7 Å². The lowest BCUT2D eigenvalue weighted by atomic mass is 10.2. The number of aromatic nitrogens is 1. The van der Waals surface area contributed by atoms with Gasteiger partial charge in [-0.25, -0.2) is 0 Å². The Labute approximate surface area is 94.7 Å². The second kappa shape index (κ2) is 4.42. The Bertz CT molecular complexity index is 528. The number of para-hydroxylation sites is 1. The van der Waals surface area contributed by atoms with Gasteiger partial charge in [-0.05, 0) is 19.1 Å². The normalized spacial score (nSPS) is 10.0. The number of benzene rings is 1. The van der Waals surface area contributed by atoms with Crippen LogP contribution < -0.4 is 0 Å². The highest BCUT2D eigenvalue weighted by Gasteiger charge is 2.03. The van der Waals surface area contributed by atoms with E-state index in [1.807, 2.05) is 19.1 Å². The van der Waals surface area contributed by atoms with Crippen LogP contribution in [0.25, 0.3) is 10.9 Å². The van der Waals surface area contributed by atoms with Crippen molar-refractivity contribution in [2.45, 2.75) is 19.9 Å². The third-order valence-corrected chi connectivity index (χ3v) is 2.70. The van der Waals surface area contributed by atoms with Crippen molar-refractivity contribution < 1.29 is 0 Å². The molecule has 2 rings (SSSR count). The molecular weight excluding hydrogens is 206 g/mol. The van der Waals surface area contributed by atoms with Gasteiger partial charge >= 0.3 is 0 Å². The van der Waals surface area contributed by atoms with Crippen molar-refractivity contribution >= 4 is 22.5 Å². The second-order valence-corrected chi connectivity index (χ2v) is 3.77. The molecule has 0 fully saturated rings. The lowest BCUT2D eigenvalue weighted by Crippen LogP contribution is -1.94. The van der Waals surface area contributed by atoms with E-state index >= 15 is 0 Å². The largest absolute Gasteiger partial charge is 0.345 e. The Morgan fingerprint density at radius 1 is 1.33 bits per heavy atom. The van der Waals surface area contributed by atoms with Gasteiger partial charge in [0, 0.05) is 24.5 Å². The maximum atomic E-state index is 6.16. The van der Waals surface area contributed by atoms with Crippen LogP contribution in [-0.4, -0.2) is 4.57 Å². The first-order valence-corrected chi connectivity index (χ1v) is 5.33. The zero-order chi connectivity index (χ0) is 10.7. The highest BCUT2D eigenvalue weighted by Crippen LogP contribution is 2.24. The molecule has 0 bridgehead atoms. The molecule has 1 aromatic carbocycles. The first-order chi connectivity index (χ1) is 7.33. The maximum absolute atomic E-state index is 6.16. The summed E-state index contributed by atoms with van der Waals surface area (Å²) in [4.78, 5) is 0. The molecule has 0 saturated heterocycles. The van der Waals surface area contributed by atoms with Crippen molar-refractivity contribution in [2.24, 2.45) is 0 Å². The van der Waals surface area contributed by atoms with Crippen LogP contribution in [0.5, 0.6) is 0 Å². The predicted molar refractivity (Wildman–Crippen MR) is 65.0 cm³/mol. The minimum Gasteiger partial charge on any atom is -0.345 e. The summed E-state index contributed by atoms with van der Waals surface area (Å²) in [5.74, 6) is 5.95. The van der Waals surface area contributed by atoms with E-state index in [1.54, 1.807) is 0 Å². The van der Waals surface area contributed by atoms with Crippen LogP contribution in [0, 0.1) is 11.8 Å². The van der Waals surface area contributed by atoms with Crippen molar-refractivity contribution in [3.63, 3.8) is 0 Å². The third-order valence-electron chi connectivity index (χ3n) is 2.39. The summed E-state index contributed by atoms with van der Waals surface area (Å²) in [7, 11) is 0. The van der Waals surface area contributed by atoms with Crippen LogP contribution in [0.4, 0.5) is 0 Å². The molecule has 0 aliphatic rings. The molecule has 0 unspecified atom stereocenters. The lowest BCUT2D eigenvalue weighted by molar-refractivity contribution is 0.749. The fourth-order valence-electron chi connectivity index (χ4n) is 1.70. The van der Waals surface area contributed by atoms with Gasteiger partial charge in [0.2, 0.25) is 0 Å². The van der Waals surface area contributed by atoms with E-state index < -0.39 is 0 Å². The van der Waals surface area contributed by atoms with Gasteiger partial charge in [-0.2, -0.15) is 0 Å². The van der Waals surface area contributed by atoms with Gasteiger partial charge in [0.05, 0.1) is 10.5 Å². The molecule has 0 aliphatic carbocycles.